The standard InChI is InChI=1S/C19H23NO/c1-19(2,3)15-6-4-13(5-7-15)18-17-9-8-16(21)12-14(17)10-11-20-18/h4-9,12,18,20-21H,10-11H2,1-3H3. The Hall–Kier alpha value is -1.80. The fourth-order valence-electron chi connectivity index (χ4n) is 3.02. The van der Waals surface area contributed by atoms with Crippen LogP contribution in [0.15, 0.2) is 42.5 Å². The molecule has 2 aromatic carbocycles. The summed E-state index contributed by atoms with van der Waals surface area (Å²) in [6.45, 7) is 7.65. The van der Waals surface area contributed by atoms with Gasteiger partial charge in [-0.25, -0.2) is 0 Å². The van der Waals surface area contributed by atoms with Gasteiger partial charge in [0.1, 0.15) is 5.75 Å². The maximum atomic E-state index is 9.65. The van der Waals surface area contributed by atoms with E-state index >= 15 is 0 Å². The molecule has 1 aliphatic rings. The highest BCUT2D eigenvalue weighted by molar-refractivity contribution is 5.44. The SMILES string of the molecule is CC(C)(C)c1ccc(C2NCCc3cc(O)ccc32)cc1. The van der Waals surface area contributed by atoms with Gasteiger partial charge in [-0.3, -0.25) is 0 Å². The summed E-state index contributed by atoms with van der Waals surface area (Å²) in [7, 11) is 0. The van der Waals surface area contributed by atoms with Crippen LogP contribution in [0.3, 0.4) is 0 Å². The van der Waals surface area contributed by atoms with Gasteiger partial charge < -0.3 is 10.4 Å². The molecule has 0 fully saturated rings. The van der Waals surface area contributed by atoms with Gasteiger partial charge in [0.05, 0.1) is 6.04 Å². The molecule has 2 aromatic rings. The first-order valence-electron chi connectivity index (χ1n) is 7.61. The highest BCUT2D eigenvalue weighted by Crippen LogP contribution is 2.32. The molecule has 0 bridgehead atoms. The predicted molar refractivity (Wildman–Crippen MR) is 86.8 cm³/mol. The molecule has 0 saturated heterocycles. The van der Waals surface area contributed by atoms with Crippen LogP contribution in [0.5, 0.6) is 5.75 Å². The van der Waals surface area contributed by atoms with Crippen LogP contribution in [0.1, 0.15) is 49.1 Å². The normalized spacial score (nSPS) is 18.3. The minimum Gasteiger partial charge on any atom is -0.508 e. The lowest BCUT2D eigenvalue weighted by molar-refractivity contribution is 0.471. The second-order valence-electron chi connectivity index (χ2n) is 6.89. The van der Waals surface area contributed by atoms with E-state index in [2.05, 4.69) is 50.4 Å². The molecule has 1 aliphatic heterocycles. The molecule has 0 aliphatic carbocycles. The van der Waals surface area contributed by atoms with E-state index in [1.807, 2.05) is 12.1 Å². The average molecular weight is 281 g/mol. The number of hydrogen-bond donors (Lipinski definition) is 2. The second-order valence-corrected chi connectivity index (χ2v) is 6.89. The molecule has 21 heavy (non-hydrogen) atoms. The smallest absolute Gasteiger partial charge is 0.115 e. The van der Waals surface area contributed by atoms with Gasteiger partial charge in [0, 0.05) is 6.54 Å². The van der Waals surface area contributed by atoms with Gasteiger partial charge in [-0.05, 0) is 46.2 Å². The van der Waals surface area contributed by atoms with E-state index in [-0.39, 0.29) is 11.5 Å². The van der Waals surface area contributed by atoms with Crippen molar-refractivity contribution in [3.8, 4) is 5.75 Å². The van der Waals surface area contributed by atoms with Crippen LogP contribution in [-0.2, 0) is 11.8 Å². The third-order valence-corrected chi connectivity index (χ3v) is 4.29. The summed E-state index contributed by atoms with van der Waals surface area (Å²) < 4.78 is 0. The van der Waals surface area contributed by atoms with Crippen molar-refractivity contribution < 1.29 is 5.11 Å². The maximum absolute atomic E-state index is 9.65. The summed E-state index contributed by atoms with van der Waals surface area (Å²) in [5, 5.41) is 13.2. The zero-order valence-corrected chi connectivity index (χ0v) is 13.0. The second kappa shape index (κ2) is 5.19. The van der Waals surface area contributed by atoms with E-state index in [1.54, 1.807) is 6.07 Å². The molecular formula is C19H23NO. The molecular weight excluding hydrogens is 258 g/mol. The van der Waals surface area contributed by atoms with Crippen molar-refractivity contribution in [2.45, 2.75) is 38.6 Å². The van der Waals surface area contributed by atoms with E-state index in [9.17, 15) is 5.11 Å². The zero-order chi connectivity index (χ0) is 15.0. The summed E-state index contributed by atoms with van der Waals surface area (Å²) in [6.07, 6.45) is 0.973. The quantitative estimate of drug-likeness (QED) is 0.830. The van der Waals surface area contributed by atoms with Gasteiger partial charge in [0.25, 0.3) is 0 Å². The fraction of sp³-hybridized carbons (Fsp3) is 0.368. The topological polar surface area (TPSA) is 32.3 Å². The Morgan fingerprint density at radius 3 is 2.43 bits per heavy atom. The van der Waals surface area contributed by atoms with Crippen LogP contribution < -0.4 is 5.32 Å². The number of nitrogens with one attached hydrogen (secondary N) is 1. The summed E-state index contributed by atoms with van der Waals surface area (Å²) in [6, 6.07) is 14.8. The van der Waals surface area contributed by atoms with Gasteiger partial charge in [-0.15, -0.1) is 0 Å². The molecule has 2 nitrogen and oxygen atoms in total. The number of phenols is 1. The highest BCUT2D eigenvalue weighted by atomic mass is 16.3. The number of phenolic OH excluding ortho intramolecular Hbond substituents is 1. The molecule has 0 spiro atoms. The molecule has 0 radical (unpaired) electrons. The minimum atomic E-state index is 0.183. The van der Waals surface area contributed by atoms with Crippen molar-refractivity contribution in [2.24, 2.45) is 0 Å². The van der Waals surface area contributed by atoms with Crippen molar-refractivity contribution in [3.05, 3.63) is 64.7 Å². The van der Waals surface area contributed by atoms with E-state index in [0.717, 1.165) is 13.0 Å². The predicted octanol–water partition coefficient (Wildman–Crippen LogP) is 3.92. The Morgan fingerprint density at radius 2 is 1.76 bits per heavy atom. The first-order chi connectivity index (χ1) is 9.95. The van der Waals surface area contributed by atoms with Crippen LogP contribution in [0, 0.1) is 0 Å². The van der Waals surface area contributed by atoms with Crippen molar-refractivity contribution >= 4 is 0 Å². The lowest BCUT2D eigenvalue weighted by Gasteiger charge is -2.28. The van der Waals surface area contributed by atoms with Gasteiger partial charge in [0.2, 0.25) is 0 Å². The summed E-state index contributed by atoms with van der Waals surface area (Å²) in [5.74, 6) is 0.359. The Morgan fingerprint density at radius 1 is 1.05 bits per heavy atom. The van der Waals surface area contributed by atoms with Crippen LogP contribution in [0.25, 0.3) is 0 Å². The third kappa shape index (κ3) is 2.81. The van der Waals surface area contributed by atoms with Gasteiger partial charge in [-0.1, -0.05) is 51.1 Å². The first kappa shape index (κ1) is 14.2. The lowest BCUT2D eigenvalue weighted by Crippen LogP contribution is -2.30. The number of aromatic hydroxyl groups is 1. The molecule has 0 amide bonds. The van der Waals surface area contributed by atoms with E-state index in [1.165, 1.54) is 22.3 Å². The number of hydrogen-bond acceptors (Lipinski definition) is 2. The molecule has 1 unspecified atom stereocenters. The Balaban J connectivity index is 1.95. The molecule has 2 N–H and O–H groups in total. The highest BCUT2D eigenvalue weighted by Gasteiger charge is 2.22. The largest absolute Gasteiger partial charge is 0.508 e. The van der Waals surface area contributed by atoms with Crippen molar-refractivity contribution in [1.82, 2.24) is 5.32 Å². The van der Waals surface area contributed by atoms with Crippen molar-refractivity contribution in [1.29, 1.82) is 0 Å². The molecule has 1 heterocycles. The number of fused-ring (bicyclic) bond motifs is 1. The summed E-state index contributed by atoms with van der Waals surface area (Å²) >= 11 is 0. The minimum absolute atomic E-state index is 0.183. The summed E-state index contributed by atoms with van der Waals surface area (Å²) in [4.78, 5) is 0. The fourth-order valence-corrected chi connectivity index (χ4v) is 3.02. The molecule has 0 aromatic heterocycles. The van der Waals surface area contributed by atoms with Gasteiger partial charge in [0.15, 0.2) is 0 Å². The van der Waals surface area contributed by atoms with Crippen molar-refractivity contribution in [3.63, 3.8) is 0 Å². The van der Waals surface area contributed by atoms with E-state index in [0.29, 0.717) is 5.75 Å². The van der Waals surface area contributed by atoms with Gasteiger partial charge >= 0.3 is 0 Å². The van der Waals surface area contributed by atoms with Crippen LogP contribution in [0.2, 0.25) is 0 Å². The zero-order valence-electron chi connectivity index (χ0n) is 13.0. The molecule has 2 heteroatoms. The van der Waals surface area contributed by atoms with Crippen LogP contribution in [-0.4, -0.2) is 11.7 Å². The maximum Gasteiger partial charge on any atom is 0.115 e. The Bertz CT molecular complexity index is 638. The molecule has 110 valence electrons. The molecule has 0 saturated carbocycles. The Labute approximate surface area is 126 Å². The van der Waals surface area contributed by atoms with Crippen molar-refractivity contribution in [2.75, 3.05) is 6.54 Å². The molecule has 1 atom stereocenters. The lowest BCUT2D eigenvalue weighted by atomic mass is 9.84. The molecule has 3 rings (SSSR count). The van der Waals surface area contributed by atoms with E-state index in [4.69, 9.17) is 0 Å². The third-order valence-electron chi connectivity index (χ3n) is 4.29. The van der Waals surface area contributed by atoms with Gasteiger partial charge in [-0.2, -0.15) is 0 Å². The van der Waals surface area contributed by atoms with Crippen LogP contribution >= 0.6 is 0 Å². The van der Waals surface area contributed by atoms with Crippen LogP contribution in [0.4, 0.5) is 0 Å². The van der Waals surface area contributed by atoms with E-state index < -0.39 is 0 Å². The Kier molecular flexibility index (Phi) is 3.50. The number of rotatable bonds is 1. The number of benzene rings is 2. The summed E-state index contributed by atoms with van der Waals surface area (Å²) in [5.41, 5.74) is 5.35. The monoisotopic (exact) mass is 281 g/mol. The average Bonchev–Trinajstić information content (AvgIpc) is 2.45. The first-order valence-corrected chi connectivity index (χ1v) is 7.61.